The number of halogens is 1. The van der Waals surface area contributed by atoms with Crippen LogP contribution in [0.5, 0.6) is 5.75 Å². The highest BCUT2D eigenvalue weighted by atomic mass is 79.9. The van der Waals surface area contributed by atoms with Crippen molar-refractivity contribution in [1.29, 1.82) is 0 Å². The van der Waals surface area contributed by atoms with Crippen molar-refractivity contribution in [1.82, 2.24) is 10.2 Å². The number of rotatable bonds is 11. The molecule has 33 heavy (non-hydrogen) atoms. The number of Topliss-reactive ketones (excluding diaryl/α,β-unsaturated/α-hetero) is 1. The van der Waals surface area contributed by atoms with E-state index in [0.717, 1.165) is 21.3 Å². The van der Waals surface area contributed by atoms with Gasteiger partial charge in [0.05, 0.1) is 6.61 Å². The quantitative estimate of drug-likeness (QED) is 0.204. The number of ether oxygens (including phenoxy) is 2. The van der Waals surface area contributed by atoms with Gasteiger partial charge in [-0.15, -0.1) is 10.2 Å². The maximum Gasteiger partial charge on any atom is 0.313 e. The Morgan fingerprint density at radius 1 is 1.00 bits per heavy atom. The van der Waals surface area contributed by atoms with Crippen molar-refractivity contribution in [2.24, 2.45) is 0 Å². The maximum absolute atomic E-state index is 12.2. The summed E-state index contributed by atoms with van der Waals surface area (Å²) in [5.74, 6) is 0.425. The molecule has 1 heterocycles. The zero-order valence-corrected chi connectivity index (χ0v) is 20.2. The smallest absolute Gasteiger partial charge is 0.313 e. The number of carbonyl (C=O) groups excluding carboxylic acids is 2. The number of esters is 1. The molecule has 0 radical (unpaired) electrons. The lowest BCUT2D eigenvalue weighted by Crippen LogP contribution is -2.24. The lowest BCUT2D eigenvalue weighted by Gasteiger charge is -2.23. The first-order chi connectivity index (χ1) is 16.0. The fourth-order valence-electron chi connectivity index (χ4n) is 3.18. The predicted octanol–water partition coefficient (Wildman–Crippen LogP) is 4.98. The topological polar surface area (TPSA) is 81.6 Å². The van der Waals surface area contributed by atoms with Gasteiger partial charge in [0.15, 0.2) is 11.6 Å². The van der Waals surface area contributed by atoms with E-state index in [2.05, 4.69) is 26.1 Å². The van der Waals surface area contributed by atoms with E-state index in [4.69, 9.17) is 9.47 Å². The molecule has 0 spiro atoms. The summed E-state index contributed by atoms with van der Waals surface area (Å²) >= 11 is 3.54. The molecule has 0 bridgehead atoms. The van der Waals surface area contributed by atoms with Crippen molar-refractivity contribution in [2.75, 3.05) is 18.1 Å². The molecule has 0 saturated carbocycles. The van der Waals surface area contributed by atoms with Crippen LogP contribution in [0.1, 0.15) is 41.9 Å². The molecule has 7 nitrogen and oxygen atoms in total. The van der Waals surface area contributed by atoms with Crippen LogP contribution in [0.4, 0.5) is 5.82 Å². The van der Waals surface area contributed by atoms with Crippen LogP contribution in [0.3, 0.4) is 0 Å². The van der Waals surface area contributed by atoms with E-state index >= 15 is 0 Å². The number of benzene rings is 2. The van der Waals surface area contributed by atoms with Crippen LogP contribution in [-0.4, -0.2) is 35.1 Å². The van der Waals surface area contributed by atoms with Gasteiger partial charge in [-0.2, -0.15) is 0 Å². The third-order valence-corrected chi connectivity index (χ3v) is 5.37. The summed E-state index contributed by atoms with van der Waals surface area (Å²) in [7, 11) is 0. The molecule has 172 valence electrons. The van der Waals surface area contributed by atoms with Crippen LogP contribution in [0.2, 0.25) is 0 Å². The maximum atomic E-state index is 12.2. The van der Waals surface area contributed by atoms with Gasteiger partial charge in [-0.3, -0.25) is 9.59 Å². The summed E-state index contributed by atoms with van der Waals surface area (Å²) < 4.78 is 11.9. The molecule has 8 heteroatoms. The molecule has 2 aromatic carbocycles. The SMILES string of the molecule is CCOC(=O)CC(=O)c1ccc(N(CC)Cc2cc(Br)ccc2OCc2ccccc2)nn1. The summed E-state index contributed by atoms with van der Waals surface area (Å²) in [5.41, 5.74) is 2.22. The largest absolute Gasteiger partial charge is 0.489 e. The highest BCUT2D eigenvalue weighted by Crippen LogP contribution is 2.27. The molecule has 0 unspecified atom stereocenters. The first-order valence-corrected chi connectivity index (χ1v) is 11.5. The Balaban J connectivity index is 1.72. The van der Waals surface area contributed by atoms with E-state index in [1.54, 1.807) is 19.1 Å². The Morgan fingerprint density at radius 3 is 2.45 bits per heavy atom. The van der Waals surface area contributed by atoms with Crippen molar-refractivity contribution in [3.63, 3.8) is 0 Å². The normalized spacial score (nSPS) is 10.5. The average molecular weight is 512 g/mol. The van der Waals surface area contributed by atoms with Crippen LogP contribution in [-0.2, 0) is 22.7 Å². The van der Waals surface area contributed by atoms with Crippen LogP contribution in [0.25, 0.3) is 0 Å². The van der Waals surface area contributed by atoms with E-state index in [1.807, 2.05) is 60.4 Å². The molecule has 0 amide bonds. The molecule has 0 atom stereocenters. The minimum atomic E-state index is -0.568. The van der Waals surface area contributed by atoms with Gasteiger partial charge in [-0.25, -0.2) is 0 Å². The fraction of sp³-hybridized carbons (Fsp3) is 0.280. The number of aromatic nitrogens is 2. The van der Waals surface area contributed by atoms with Gasteiger partial charge in [0.25, 0.3) is 0 Å². The van der Waals surface area contributed by atoms with E-state index in [1.165, 1.54) is 0 Å². The van der Waals surface area contributed by atoms with Crippen LogP contribution in [0, 0.1) is 0 Å². The highest BCUT2D eigenvalue weighted by Gasteiger charge is 2.17. The van der Waals surface area contributed by atoms with Gasteiger partial charge in [0.2, 0.25) is 0 Å². The minimum absolute atomic E-state index is 0.136. The summed E-state index contributed by atoms with van der Waals surface area (Å²) in [5, 5.41) is 8.25. The molecular weight excluding hydrogens is 486 g/mol. The summed E-state index contributed by atoms with van der Waals surface area (Å²) in [6, 6.07) is 19.2. The Labute approximate surface area is 201 Å². The molecule has 3 aromatic rings. The Kier molecular flexibility index (Phi) is 8.95. The van der Waals surface area contributed by atoms with Crippen LogP contribution < -0.4 is 9.64 Å². The summed E-state index contributed by atoms with van der Waals surface area (Å²) in [6.45, 7) is 5.64. The third kappa shape index (κ3) is 7.12. The van der Waals surface area contributed by atoms with E-state index in [0.29, 0.717) is 25.5 Å². The van der Waals surface area contributed by atoms with Gasteiger partial charge < -0.3 is 14.4 Å². The third-order valence-electron chi connectivity index (χ3n) is 4.87. The monoisotopic (exact) mass is 511 g/mol. The zero-order valence-electron chi connectivity index (χ0n) is 18.7. The second kappa shape index (κ2) is 12.1. The first-order valence-electron chi connectivity index (χ1n) is 10.7. The second-order valence-electron chi connectivity index (χ2n) is 7.22. The number of nitrogens with zero attached hydrogens (tertiary/aromatic N) is 3. The summed E-state index contributed by atoms with van der Waals surface area (Å²) in [6.07, 6.45) is -0.348. The molecule has 0 saturated heterocycles. The molecule has 0 aliphatic rings. The standard InChI is InChI=1S/C25H26BrN3O4/c1-3-29(24-13-11-21(27-28-24)22(30)15-25(31)32-4-2)16-19-14-20(26)10-12-23(19)33-17-18-8-6-5-7-9-18/h5-14H,3-4,15-17H2,1-2H3. The molecule has 0 fully saturated rings. The number of ketones is 1. The highest BCUT2D eigenvalue weighted by molar-refractivity contribution is 9.10. The molecular formula is C25H26BrN3O4. The Bertz CT molecular complexity index is 1070. The fourth-order valence-corrected chi connectivity index (χ4v) is 3.59. The zero-order chi connectivity index (χ0) is 23.6. The molecule has 0 aliphatic heterocycles. The van der Waals surface area contributed by atoms with E-state index in [9.17, 15) is 9.59 Å². The minimum Gasteiger partial charge on any atom is -0.489 e. The van der Waals surface area contributed by atoms with Gasteiger partial charge in [0.1, 0.15) is 24.5 Å². The van der Waals surface area contributed by atoms with Crippen molar-refractivity contribution in [3.8, 4) is 5.75 Å². The number of carbonyl (C=O) groups is 2. The molecule has 3 rings (SSSR count). The molecule has 0 N–H and O–H groups in total. The molecule has 0 aliphatic carbocycles. The van der Waals surface area contributed by atoms with Crippen molar-refractivity contribution in [2.45, 2.75) is 33.4 Å². The van der Waals surface area contributed by atoms with Gasteiger partial charge in [-0.1, -0.05) is 46.3 Å². The number of hydrogen-bond acceptors (Lipinski definition) is 7. The van der Waals surface area contributed by atoms with Crippen molar-refractivity contribution < 1.29 is 19.1 Å². The van der Waals surface area contributed by atoms with Crippen molar-refractivity contribution >= 4 is 33.5 Å². The predicted molar refractivity (Wildman–Crippen MR) is 129 cm³/mol. The van der Waals surface area contributed by atoms with E-state index in [-0.39, 0.29) is 18.7 Å². The molecule has 1 aromatic heterocycles. The second-order valence-corrected chi connectivity index (χ2v) is 8.14. The summed E-state index contributed by atoms with van der Waals surface area (Å²) in [4.78, 5) is 25.8. The number of anilines is 1. The Hall–Kier alpha value is -3.26. The van der Waals surface area contributed by atoms with Gasteiger partial charge in [-0.05, 0) is 49.7 Å². The lowest BCUT2D eigenvalue weighted by molar-refractivity contribution is -0.141. The van der Waals surface area contributed by atoms with Crippen molar-refractivity contribution in [3.05, 3.63) is 82.0 Å². The van der Waals surface area contributed by atoms with Gasteiger partial charge >= 0.3 is 5.97 Å². The van der Waals surface area contributed by atoms with E-state index < -0.39 is 11.8 Å². The lowest BCUT2D eigenvalue weighted by atomic mass is 10.1. The van der Waals surface area contributed by atoms with Gasteiger partial charge in [0, 0.05) is 23.1 Å². The first kappa shape index (κ1) is 24.4. The number of hydrogen-bond donors (Lipinski definition) is 0. The van der Waals surface area contributed by atoms with Crippen LogP contribution >= 0.6 is 15.9 Å². The van der Waals surface area contributed by atoms with Crippen LogP contribution in [0.15, 0.2) is 65.1 Å². The Morgan fingerprint density at radius 2 is 1.79 bits per heavy atom. The average Bonchev–Trinajstić information content (AvgIpc) is 2.83.